The maximum Gasteiger partial charge on any atom is 0.326 e. The van der Waals surface area contributed by atoms with Crippen molar-refractivity contribution in [2.75, 3.05) is 11.5 Å². The van der Waals surface area contributed by atoms with E-state index in [1.165, 1.54) is 30.5 Å². The molecule has 0 unspecified atom stereocenters. The summed E-state index contributed by atoms with van der Waals surface area (Å²) in [5, 5.41) is 20.1. The number of carboxylic acid groups (broad SMARTS) is 2. The number of nitrogens with one attached hydrogen (secondary N) is 1. The van der Waals surface area contributed by atoms with E-state index in [4.69, 9.17) is 26.4 Å². The Morgan fingerprint density at radius 1 is 1.03 bits per heavy atom. The molecule has 0 radical (unpaired) electrons. The molecule has 0 aliphatic carbocycles. The highest BCUT2D eigenvalue weighted by Crippen LogP contribution is 2.15. The summed E-state index contributed by atoms with van der Waals surface area (Å²) in [6.45, 7) is -0.168. The fourth-order valence-electron chi connectivity index (χ4n) is 2.97. The molecule has 3 rings (SSSR count). The van der Waals surface area contributed by atoms with Gasteiger partial charge in [-0.25, -0.2) is 14.8 Å². The van der Waals surface area contributed by atoms with Gasteiger partial charge in [-0.3, -0.25) is 14.4 Å². The van der Waals surface area contributed by atoms with Crippen LogP contribution in [0.5, 0.6) is 0 Å². The molecule has 0 bridgehead atoms. The van der Waals surface area contributed by atoms with Crippen LogP contribution in [0.4, 0.5) is 11.8 Å². The van der Waals surface area contributed by atoms with E-state index >= 15 is 0 Å². The van der Waals surface area contributed by atoms with Gasteiger partial charge in [0.05, 0.1) is 18.3 Å². The molecule has 0 fully saturated rings. The lowest BCUT2D eigenvalue weighted by molar-refractivity contribution is -0.144. The molecule has 0 spiro atoms. The number of fused-ring (bicyclic) bond motifs is 1. The number of carbonyl (C=O) groups excluding carboxylic acids is 2. The molecule has 2 aromatic heterocycles. The Kier molecular flexibility index (Phi) is 7.66. The summed E-state index contributed by atoms with van der Waals surface area (Å²) >= 11 is 0. The summed E-state index contributed by atoms with van der Waals surface area (Å²) in [5.74, 6) is -3.74. The molecule has 35 heavy (non-hydrogen) atoms. The van der Waals surface area contributed by atoms with Crippen LogP contribution >= 0.6 is 0 Å². The van der Waals surface area contributed by atoms with Crippen LogP contribution < -0.4 is 16.8 Å². The molecule has 0 saturated heterocycles. The lowest BCUT2D eigenvalue weighted by Crippen LogP contribution is -2.41. The van der Waals surface area contributed by atoms with Crippen molar-refractivity contribution in [2.24, 2.45) is 0 Å². The Bertz CT molecular complexity index is 1280. The normalized spacial score (nSPS) is 11.5. The van der Waals surface area contributed by atoms with Gasteiger partial charge in [0.25, 0.3) is 5.91 Å². The highest BCUT2D eigenvalue weighted by molar-refractivity contribution is 5.96. The number of hydrogen-bond donors (Lipinski definition) is 5. The van der Waals surface area contributed by atoms with Gasteiger partial charge in [-0.05, 0) is 24.1 Å². The van der Waals surface area contributed by atoms with Crippen molar-refractivity contribution in [1.29, 1.82) is 0 Å². The molecule has 7 N–H and O–H groups in total. The second-order valence-electron chi connectivity index (χ2n) is 7.33. The van der Waals surface area contributed by atoms with Crippen LogP contribution in [0.1, 0.15) is 34.5 Å². The summed E-state index contributed by atoms with van der Waals surface area (Å²) < 4.78 is 5.21. The number of carboxylic acids is 2. The Labute approximate surface area is 197 Å². The summed E-state index contributed by atoms with van der Waals surface area (Å²) in [4.78, 5) is 62.4. The first-order valence-electron chi connectivity index (χ1n) is 10.2. The predicted molar refractivity (Wildman–Crippen MR) is 120 cm³/mol. The first-order chi connectivity index (χ1) is 16.6. The number of benzene rings is 1. The van der Waals surface area contributed by atoms with Crippen LogP contribution in [0, 0.1) is 0 Å². The second kappa shape index (κ2) is 10.8. The van der Waals surface area contributed by atoms with Crippen molar-refractivity contribution in [1.82, 2.24) is 25.3 Å². The Morgan fingerprint density at radius 3 is 2.40 bits per heavy atom. The fraction of sp³-hybridized carbons (Fsp3) is 0.238. The van der Waals surface area contributed by atoms with Gasteiger partial charge in [-0.2, -0.15) is 9.97 Å². The van der Waals surface area contributed by atoms with Crippen LogP contribution in [0.25, 0.3) is 11.2 Å². The number of carbonyl (C=O) groups is 4. The average molecular weight is 483 g/mol. The molecule has 0 saturated carbocycles. The zero-order valence-corrected chi connectivity index (χ0v) is 18.2. The van der Waals surface area contributed by atoms with E-state index in [9.17, 15) is 19.2 Å². The van der Waals surface area contributed by atoms with Crippen LogP contribution in [0.2, 0.25) is 0 Å². The number of ether oxygens (including phenoxy) is 1. The molecule has 1 atom stereocenters. The topological polar surface area (TPSA) is 234 Å². The van der Waals surface area contributed by atoms with Crippen LogP contribution in [-0.4, -0.2) is 60.0 Å². The molecular weight excluding hydrogens is 462 g/mol. The molecule has 2 heterocycles. The number of anilines is 2. The fourth-order valence-corrected chi connectivity index (χ4v) is 2.97. The summed E-state index contributed by atoms with van der Waals surface area (Å²) in [6.07, 6.45) is 0.616. The minimum atomic E-state index is -1.34. The van der Waals surface area contributed by atoms with Gasteiger partial charge in [-0.1, -0.05) is 12.1 Å². The first-order valence-corrected chi connectivity index (χ1v) is 10.2. The standard InChI is InChI=1S/C21H21N7O7/c22-17-16-18(28-21(23)27-17)24-8-12(25-16)9-35-15(31)7-10-1-3-11(4-2-10)19(32)26-13(20(33)34)5-6-14(29)30/h1-4,8,13H,5-7,9H2,(H,26,32)(H,29,30)(H,33,34)(H4,22,23,24,27,28)/t13-/m0/s1. The third kappa shape index (κ3) is 6.80. The Balaban J connectivity index is 1.55. The first kappa shape index (κ1) is 24.8. The number of hydrogen-bond acceptors (Lipinski definition) is 11. The Morgan fingerprint density at radius 2 is 1.74 bits per heavy atom. The number of esters is 1. The predicted octanol–water partition coefficient (Wildman–Crippen LogP) is -0.0821. The highest BCUT2D eigenvalue weighted by Gasteiger charge is 2.21. The van der Waals surface area contributed by atoms with E-state index in [1.54, 1.807) is 0 Å². The van der Waals surface area contributed by atoms with Crippen molar-refractivity contribution in [3.05, 3.63) is 47.3 Å². The monoisotopic (exact) mass is 483 g/mol. The SMILES string of the molecule is Nc1nc(N)c2nc(COC(=O)Cc3ccc(C(=O)N[C@@H](CCC(=O)O)C(=O)O)cc3)cnc2n1. The number of nitrogens with zero attached hydrogens (tertiary/aromatic N) is 4. The van der Waals surface area contributed by atoms with E-state index in [-0.39, 0.29) is 47.9 Å². The lowest BCUT2D eigenvalue weighted by atomic mass is 10.1. The van der Waals surface area contributed by atoms with E-state index < -0.39 is 36.3 Å². The number of aliphatic carboxylic acids is 2. The van der Waals surface area contributed by atoms with E-state index in [2.05, 4.69) is 25.3 Å². The van der Waals surface area contributed by atoms with Crippen molar-refractivity contribution < 1.29 is 34.1 Å². The molecule has 3 aromatic rings. The van der Waals surface area contributed by atoms with Gasteiger partial charge < -0.3 is 31.7 Å². The maximum absolute atomic E-state index is 12.3. The van der Waals surface area contributed by atoms with Crippen LogP contribution in [-0.2, 0) is 32.1 Å². The van der Waals surface area contributed by atoms with Gasteiger partial charge in [0.1, 0.15) is 12.6 Å². The molecule has 1 aromatic carbocycles. The molecule has 14 nitrogen and oxygen atoms in total. The minimum absolute atomic E-state index is 0.0353. The molecule has 14 heteroatoms. The van der Waals surface area contributed by atoms with Gasteiger partial charge >= 0.3 is 17.9 Å². The highest BCUT2D eigenvalue weighted by atomic mass is 16.5. The third-order valence-electron chi connectivity index (χ3n) is 4.70. The average Bonchev–Trinajstić information content (AvgIpc) is 2.80. The van der Waals surface area contributed by atoms with E-state index in [0.29, 0.717) is 11.3 Å². The van der Waals surface area contributed by atoms with E-state index in [1.807, 2.05) is 0 Å². The molecule has 0 aliphatic heterocycles. The molecule has 1 amide bonds. The molecule has 182 valence electrons. The number of nitrogen functional groups attached to an aromatic ring is 2. The van der Waals surface area contributed by atoms with Gasteiger partial charge in [0.15, 0.2) is 17.0 Å². The molecular formula is C21H21N7O7. The van der Waals surface area contributed by atoms with Gasteiger partial charge in [0, 0.05) is 12.0 Å². The van der Waals surface area contributed by atoms with Crippen molar-refractivity contribution in [3.63, 3.8) is 0 Å². The second-order valence-corrected chi connectivity index (χ2v) is 7.33. The van der Waals surface area contributed by atoms with Crippen LogP contribution in [0.15, 0.2) is 30.5 Å². The minimum Gasteiger partial charge on any atom is -0.481 e. The summed E-state index contributed by atoms with van der Waals surface area (Å²) in [5.41, 5.74) is 12.7. The number of rotatable bonds is 10. The van der Waals surface area contributed by atoms with E-state index in [0.717, 1.165) is 0 Å². The third-order valence-corrected chi connectivity index (χ3v) is 4.70. The number of aromatic nitrogens is 4. The molecule has 0 aliphatic rings. The van der Waals surface area contributed by atoms with Gasteiger partial charge in [-0.15, -0.1) is 0 Å². The lowest BCUT2D eigenvalue weighted by Gasteiger charge is -2.13. The number of nitrogens with two attached hydrogens (primary N) is 2. The largest absolute Gasteiger partial charge is 0.481 e. The van der Waals surface area contributed by atoms with Crippen molar-refractivity contribution in [3.8, 4) is 0 Å². The zero-order valence-electron chi connectivity index (χ0n) is 18.2. The van der Waals surface area contributed by atoms with Crippen molar-refractivity contribution >= 4 is 46.7 Å². The Hall–Kier alpha value is -4.88. The smallest absolute Gasteiger partial charge is 0.326 e. The van der Waals surface area contributed by atoms with Crippen LogP contribution in [0.3, 0.4) is 0 Å². The quantitative estimate of drug-likeness (QED) is 0.238. The van der Waals surface area contributed by atoms with Crippen molar-refractivity contribution in [2.45, 2.75) is 31.9 Å². The maximum atomic E-state index is 12.3. The zero-order chi connectivity index (χ0) is 25.5. The van der Waals surface area contributed by atoms with Gasteiger partial charge in [0.2, 0.25) is 5.95 Å². The number of amides is 1. The summed E-state index contributed by atoms with van der Waals surface area (Å²) in [6, 6.07) is 4.52. The summed E-state index contributed by atoms with van der Waals surface area (Å²) in [7, 11) is 0.